The molecule has 0 aromatic heterocycles. The van der Waals surface area contributed by atoms with E-state index in [1.165, 1.54) is 0 Å². The molecule has 1 rings (SSSR count). The lowest BCUT2D eigenvalue weighted by atomic mass is 10.1. The summed E-state index contributed by atoms with van der Waals surface area (Å²) in [6, 6.07) is 6.91. The van der Waals surface area contributed by atoms with Crippen molar-refractivity contribution in [2.45, 2.75) is 6.42 Å². The van der Waals surface area contributed by atoms with Crippen molar-refractivity contribution in [1.82, 2.24) is 4.90 Å². The van der Waals surface area contributed by atoms with E-state index in [2.05, 4.69) is 5.92 Å². The largest absolute Gasteiger partial charge is 0.480 e. The first-order chi connectivity index (χ1) is 8.54. The van der Waals surface area contributed by atoms with E-state index < -0.39 is 12.5 Å². The number of carbonyl (C=O) groups is 2. The van der Waals surface area contributed by atoms with Crippen LogP contribution in [0.4, 0.5) is 0 Å². The summed E-state index contributed by atoms with van der Waals surface area (Å²) >= 11 is 5.93. The summed E-state index contributed by atoms with van der Waals surface area (Å²) in [6.07, 6.45) is 5.14. The molecular weight excluding hydrogens is 254 g/mol. The monoisotopic (exact) mass is 265 g/mol. The standard InChI is InChI=1S/C13H12ClNO3/c1-2-7-15(9-13(17)18)12(16)8-10-5-3-4-6-11(10)14/h1,3-6H,7-9H2,(H,17,18). The molecule has 1 N–H and O–H groups in total. The average Bonchev–Trinajstić information content (AvgIpc) is 2.31. The summed E-state index contributed by atoms with van der Waals surface area (Å²) in [5.41, 5.74) is 0.650. The molecule has 18 heavy (non-hydrogen) atoms. The molecule has 1 amide bonds. The van der Waals surface area contributed by atoms with Crippen LogP contribution < -0.4 is 0 Å². The number of terminal acetylenes is 1. The molecule has 94 valence electrons. The first-order valence-electron chi connectivity index (χ1n) is 5.21. The van der Waals surface area contributed by atoms with Crippen molar-refractivity contribution in [1.29, 1.82) is 0 Å². The fourth-order valence-electron chi connectivity index (χ4n) is 1.42. The van der Waals surface area contributed by atoms with Crippen molar-refractivity contribution in [3.8, 4) is 12.3 Å². The van der Waals surface area contributed by atoms with E-state index in [0.29, 0.717) is 10.6 Å². The van der Waals surface area contributed by atoms with Crippen LogP contribution in [0.15, 0.2) is 24.3 Å². The minimum atomic E-state index is -1.10. The molecule has 0 radical (unpaired) electrons. The van der Waals surface area contributed by atoms with Gasteiger partial charge in [-0.1, -0.05) is 35.7 Å². The van der Waals surface area contributed by atoms with Gasteiger partial charge in [0.25, 0.3) is 0 Å². The smallest absolute Gasteiger partial charge is 0.323 e. The van der Waals surface area contributed by atoms with Crippen molar-refractivity contribution < 1.29 is 14.7 Å². The van der Waals surface area contributed by atoms with E-state index in [4.69, 9.17) is 23.1 Å². The maximum absolute atomic E-state index is 11.9. The Morgan fingerprint density at radius 2 is 2.06 bits per heavy atom. The number of carboxylic acid groups (broad SMARTS) is 1. The number of aliphatic carboxylic acids is 1. The van der Waals surface area contributed by atoms with Gasteiger partial charge in [0.05, 0.1) is 13.0 Å². The molecule has 1 aromatic carbocycles. The van der Waals surface area contributed by atoms with Crippen LogP contribution in [0.5, 0.6) is 0 Å². The zero-order valence-electron chi connectivity index (χ0n) is 9.60. The third-order valence-corrected chi connectivity index (χ3v) is 2.63. The van der Waals surface area contributed by atoms with Crippen LogP contribution in [0, 0.1) is 12.3 Å². The van der Waals surface area contributed by atoms with Crippen molar-refractivity contribution in [2.24, 2.45) is 0 Å². The third-order valence-electron chi connectivity index (χ3n) is 2.26. The number of carboxylic acids is 1. The van der Waals surface area contributed by atoms with Gasteiger partial charge in [-0.3, -0.25) is 9.59 Å². The van der Waals surface area contributed by atoms with Crippen LogP contribution >= 0.6 is 11.6 Å². The van der Waals surface area contributed by atoms with Crippen molar-refractivity contribution in [3.63, 3.8) is 0 Å². The second-order valence-electron chi connectivity index (χ2n) is 3.62. The number of hydrogen-bond donors (Lipinski definition) is 1. The van der Waals surface area contributed by atoms with Crippen molar-refractivity contribution in [3.05, 3.63) is 34.9 Å². The van der Waals surface area contributed by atoms with Gasteiger partial charge < -0.3 is 10.0 Å². The van der Waals surface area contributed by atoms with Gasteiger partial charge in [0.2, 0.25) is 5.91 Å². The second kappa shape index (κ2) is 6.67. The molecule has 0 atom stereocenters. The summed E-state index contributed by atoms with van der Waals surface area (Å²) in [4.78, 5) is 23.6. The maximum Gasteiger partial charge on any atom is 0.323 e. The van der Waals surface area contributed by atoms with Gasteiger partial charge in [-0.25, -0.2) is 0 Å². The van der Waals surface area contributed by atoms with Gasteiger partial charge >= 0.3 is 5.97 Å². The first kappa shape index (κ1) is 14.1. The van der Waals surface area contributed by atoms with E-state index in [0.717, 1.165) is 4.90 Å². The number of halogens is 1. The Morgan fingerprint density at radius 3 is 2.61 bits per heavy atom. The minimum Gasteiger partial charge on any atom is -0.480 e. The highest BCUT2D eigenvalue weighted by Gasteiger charge is 2.16. The minimum absolute atomic E-state index is 0.0322. The molecule has 0 saturated heterocycles. The number of benzene rings is 1. The zero-order chi connectivity index (χ0) is 13.5. The van der Waals surface area contributed by atoms with Crippen molar-refractivity contribution >= 4 is 23.5 Å². The van der Waals surface area contributed by atoms with Crippen LogP contribution in [-0.2, 0) is 16.0 Å². The predicted octanol–water partition coefficient (Wildman–Crippen LogP) is 1.43. The molecule has 0 aliphatic carbocycles. The van der Waals surface area contributed by atoms with E-state index in [1.807, 2.05) is 0 Å². The van der Waals surface area contributed by atoms with Crippen LogP contribution in [0.1, 0.15) is 5.56 Å². The molecule has 0 aliphatic rings. The molecule has 5 heteroatoms. The van der Waals surface area contributed by atoms with E-state index in [9.17, 15) is 9.59 Å². The lowest BCUT2D eigenvalue weighted by molar-refractivity contribution is -0.143. The van der Waals surface area contributed by atoms with Crippen LogP contribution in [0.2, 0.25) is 5.02 Å². The Kier molecular flexibility index (Phi) is 5.22. The van der Waals surface area contributed by atoms with Crippen LogP contribution in [-0.4, -0.2) is 35.0 Å². The molecule has 0 aliphatic heterocycles. The molecule has 0 spiro atoms. The predicted molar refractivity (Wildman–Crippen MR) is 68.2 cm³/mol. The Bertz CT molecular complexity index is 493. The number of amides is 1. The third kappa shape index (κ3) is 4.11. The summed E-state index contributed by atoms with van der Waals surface area (Å²) in [5, 5.41) is 9.17. The Balaban J connectivity index is 2.76. The fourth-order valence-corrected chi connectivity index (χ4v) is 1.62. The van der Waals surface area contributed by atoms with Crippen LogP contribution in [0.3, 0.4) is 0 Å². The second-order valence-corrected chi connectivity index (χ2v) is 4.02. The average molecular weight is 266 g/mol. The molecule has 0 heterocycles. The van der Waals surface area contributed by atoms with Gasteiger partial charge in [0.1, 0.15) is 6.54 Å². The highest BCUT2D eigenvalue weighted by Crippen LogP contribution is 2.16. The first-order valence-corrected chi connectivity index (χ1v) is 5.59. The molecule has 4 nitrogen and oxygen atoms in total. The van der Waals surface area contributed by atoms with E-state index in [1.54, 1.807) is 24.3 Å². The molecule has 0 fully saturated rings. The summed E-state index contributed by atoms with van der Waals surface area (Å²) in [7, 11) is 0. The highest BCUT2D eigenvalue weighted by molar-refractivity contribution is 6.31. The lowest BCUT2D eigenvalue weighted by Crippen LogP contribution is -2.37. The summed E-state index contributed by atoms with van der Waals surface area (Å²) in [6.45, 7) is -0.441. The number of nitrogens with zero attached hydrogens (tertiary/aromatic N) is 1. The van der Waals surface area contributed by atoms with Gasteiger partial charge in [-0.2, -0.15) is 0 Å². The summed E-state index contributed by atoms with van der Waals surface area (Å²) in [5.74, 6) is 0.806. The molecule has 1 aromatic rings. The number of hydrogen-bond acceptors (Lipinski definition) is 2. The van der Waals surface area contributed by atoms with Gasteiger partial charge in [0, 0.05) is 5.02 Å². The normalized spacial score (nSPS) is 9.56. The topological polar surface area (TPSA) is 57.6 Å². The Labute approximate surface area is 110 Å². The van der Waals surface area contributed by atoms with Crippen LogP contribution in [0.25, 0.3) is 0 Å². The SMILES string of the molecule is C#CCN(CC(=O)O)C(=O)Cc1ccccc1Cl. The quantitative estimate of drug-likeness (QED) is 0.820. The fraction of sp³-hybridized carbons (Fsp3) is 0.231. The molecule has 0 unspecified atom stereocenters. The number of rotatable bonds is 5. The van der Waals surface area contributed by atoms with Gasteiger partial charge in [0.15, 0.2) is 0 Å². The van der Waals surface area contributed by atoms with Gasteiger partial charge in [-0.05, 0) is 11.6 Å². The highest BCUT2D eigenvalue weighted by atomic mass is 35.5. The van der Waals surface area contributed by atoms with E-state index >= 15 is 0 Å². The molecule has 0 bridgehead atoms. The molecular formula is C13H12ClNO3. The van der Waals surface area contributed by atoms with E-state index in [-0.39, 0.29) is 18.9 Å². The number of carbonyl (C=O) groups excluding carboxylic acids is 1. The summed E-state index contributed by atoms with van der Waals surface area (Å²) < 4.78 is 0. The lowest BCUT2D eigenvalue weighted by Gasteiger charge is -2.18. The maximum atomic E-state index is 11.9. The zero-order valence-corrected chi connectivity index (χ0v) is 10.4. The van der Waals surface area contributed by atoms with Crippen molar-refractivity contribution in [2.75, 3.05) is 13.1 Å². The Morgan fingerprint density at radius 1 is 1.39 bits per heavy atom. The van der Waals surface area contributed by atoms with Gasteiger partial charge in [-0.15, -0.1) is 6.42 Å². The Hall–Kier alpha value is -1.99. The molecule has 0 saturated carbocycles.